The first-order valence-electron chi connectivity index (χ1n) is 8.15. The van der Waals surface area contributed by atoms with Gasteiger partial charge in [0.2, 0.25) is 0 Å². The Morgan fingerprint density at radius 1 is 1.10 bits per heavy atom. The number of quaternary nitrogens is 2. The summed E-state index contributed by atoms with van der Waals surface area (Å²) < 4.78 is 0. The molecule has 4 heteroatoms. The van der Waals surface area contributed by atoms with E-state index < -0.39 is 0 Å². The van der Waals surface area contributed by atoms with E-state index in [1.807, 2.05) is 12.1 Å². The Hall–Kier alpha value is -1.39. The van der Waals surface area contributed by atoms with E-state index in [9.17, 15) is 4.79 Å². The van der Waals surface area contributed by atoms with Crippen LogP contribution in [0.5, 0.6) is 0 Å². The van der Waals surface area contributed by atoms with Gasteiger partial charge in [-0.2, -0.15) is 0 Å². The van der Waals surface area contributed by atoms with Crippen LogP contribution in [0.2, 0.25) is 0 Å². The molecule has 1 aliphatic heterocycles. The second-order valence-electron chi connectivity index (χ2n) is 6.36. The Balaban J connectivity index is 1.79. The van der Waals surface area contributed by atoms with E-state index in [0.29, 0.717) is 12.5 Å². The van der Waals surface area contributed by atoms with E-state index in [-0.39, 0.29) is 5.91 Å². The van der Waals surface area contributed by atoms with Gasteiger partial charge in [0.05, 0.1) is 6.54 Å². The zero-order valence-electron chi connectivity index (χ0n) is 13.5. The van der Waals surface area contributed by atoms with E-state index in [2.05, 4.69) is 38.2 Å². The first-order chi connectivity index (χ1) is 10.1. The van der Waals surface area contributed by atoms with E-state index in [0.717, 1.165) is 18.8 Å². The number of likely N-dealkylation sites (N-methyl/N-ethyl adjacent to an activating group) is 1. The normalized spacial score (nSPS) is 22.3. The summed E-state index contributed by atoms with van der Waals surface area (Å²) in [6.07, 6.45) is 0. The Morgan fingerprint density at radius 3 is 2.19 bits per heavy atom. The van der Waals surface area contributed by atoms with Crippen molar-refractivity contribution in [3.63, 3.8) is 0 Å². The maximum Gasteiger partial charge on any atom is 0.279 e. The zero-order valence-corrected chi connectivity index (χ0v) is 13.5. The van der Waals surface area contributed by atoms with Gasteiger partial charge in [-0.1, -0.05) is 26.0 Å². The molecule has 1 saturated heterocycles. The topological polar surface area (TPSA) is 38.0 Å². The molecule has 1 aromatic carbocycles. The third-order valence-corrected chi connectivity index (χ3v) is 4.44. The van der Waals surface area contributed by atoms with Crippen molar-refractivity contribution >= 4 is 11.6 Å². The fourth-order valence-electron chi connectivity index (χ4n) is 2.87. The van der Waals surface area contributed by atoms with Gasteiger partial charge >= 0.3 is 0 Å². The smallest absolute Gasteiger partial charge is 0.279 e. The van der Waals surface area contributed by atoms with Gasteiger partial charge < -0.3 is 15.1 Å². The summed E-state index contributed by atoms with van der Waals surface area (Å²) >= 11 is 0. The molecule has 0 saturated carbocycles. The lowest BCUT2D eigenvalue weighted by molar-refractivity contribution is -1.01. The first-order valence-corrected chi connectivity index (χ1v) is 8.15. The summed E-state index contributed by atoms with van der Waals surface area (Å²) in [6.45, 7) is 12.9. The molecule has 116 valence electrons. The molecule has 0 spiro atoms. The van der Waals surface area contributed by atoms with Gasteiger partial charge in [0, 0.05) is 5.69 Å². The van der Waals surface area contributed by atoms with Crippen molar-refractivity contribution in [3.8, 4) is 0 Å². The summed E-state index contributed by atoms with van der Waals surface area (Å²) in [5, 5.41) is 3.01. The minimum Gasteiger partial charge on any atom is -0.326 e. The van der Waals surface area contributed by atoms with Gasteiger partial charge in [0.1, 0.15) is 26.2 Å². The van der Waals surface area contributed by atoms with Crippen LogP contribution in [0.1, 0.15) is 32.3 Å². The van der Waals surface area contributed by atoms with Crippen LogP contribution >= 0.6 is 0 Å². The molecule has 2 rings (SSSR count). The van der Waals surface area contributed by atoms with E-state index in [4.69, 9.17) is 0 Å². The van der Waals surface area contributed by atoms with Crippen molar-refractivity contribution in [2.45, 2.75) is 26.7 Å². The molecule has 1 heterocycles. The molecule has 1 aromatic rings. The third-order valence-electron chi connectivity index (χ3n) is 4.44. The van der Waals surface area contributed by atoms with Gasteiger partial charge in [-0.3, -0.25) is 4.79 Å². The van der Waals surface area contributed by atoms with Crippen LogP contribution in [-0.2, 0) is 4.79 Å². The minimum absolute atomic E-state index is 0.127. The van der Waals surface area contributed by atoms with E-state index >= 15 is 0 Å². The summed E-state index contributed by atoms with van der Waals surface area (Å²) in [4.78, 5) is 15.2. The van der Waals surface area contributed by atoms with Crippen molar-refractivity contribution in [3.05, 3.63) is 29.8 Å². The fraction of sp³-hybridized carbons (Fsp3) is 0.588. The van der Waals surface area contributed by atoms with Gasteiger partial charge in [-0.05, 0) is 30.5 Å². The number of carbonyl (C=O) groups is 1. The summed E-state index contributed by atoms with van der Waals surface area (Å²) in [7, 11) is 0. The van der Waals surface area contributed by atoms with Crippen molar-refractivity contribution in [1.29, 1.82) is 0 Å². The van der Waals surface area contributed by atoms with E-state index in [1.165, 1.54) is 30.1 Å². The minimum atomic E-state index is 0.127. The van der Waals surface area contributed by atoms with Crippen LogP contribution in [-0.4, -0.2) is 45.2 Å². The number of hydrogen-bond acceptors (Lipinski definition) is 1. The molecule has 0 aromatic heterocycles. The maximum atomic E-state index is 12.1. The molecule has 0 atom stereocenters. The Morgan fingerprint density at radius 2 is 1.67 bits per heavy atom. The number of benzene rings is 1. The maximum absolute atomic E-state index is 12.1. The monoisotopic (exact) mass is 291 g/mol. The first kappa shape index (κ1) is 16.0. The van der Waals surface area contributed by atoms with Gasteiger partial charge in [0.15, 0.2) is 6.54 Å². The number of carbonyl (C=O) groups excluding carboxylic acids is 1. The largest absolute Gasteiger partial charge is 0.326 e. The quantitative estimate of drug-likeness (QED) is 0.676. The molecule has 1 fully saturated rings. The molecule has 0 aliphatic carbocycles. The molecule has 0 bridgehead atoms. The molecule has 4 nitrogen and oxygen atoms in total. The highest BCUT2D eigenvalue weighted by Gasteiger charge is 2.23. The number of nitrogens with one attached hydrogen (secondary N) is 3. The lowest BCUT2D eigenvalue weighted by Gasteiger charge is -2.28. The van der Waals surface area contributed by atoms with Crippen molar-refractivity contribution in [2.24, 2.45) is 0 Å². The van der Waals surface area contributed by atoms with Gasteiger partial charge in [-0.25, -0.2) is 0 Å². The lowest BCUT2D eigenvalue weighted by atomic mass is 10.0. The SMILES string of the molecule is CC[NH+]1CC[NH+](CC(=O)Nc2ccc(C(C)C)cc2)CC1. The Bertz CT molecular complexity index is 448. The number of anilines is 1. The highest BCUT2D eigenvalue weighted by Crippen LogP contribution is 2.16. The fourth-order valence-corrected chi connectivity index (χ4v) is 2.87. The van der Waals surface area contributed by atoms with Crippen LogP contribution in [0.3, 0.4) is 0 Å². The molecule has 1 aliphatic rings. The molecule has 3 N–H and O–H groups in total. The van der Waals surface area contributed by atoms with Crippen LogP contribution in [0.25, 0.3) is 0 Å². The number of amides is 1. The van der Waals surface area contributed by atoms with Crippen molar-refractivity contribution < 1.29 is 14.6 Å². The average molecular weight is 291 g/mol. The Kier molecular flexibility index (Phi) is 5.76. The summed E-state index contributed by atoms with van der Waals surface area (Å²) in [6, 6.07) is 8.19. The highest BCUT2D eigenvalue weighted by atomic mass is 16.2. The number of rotatable bonds is 5. The predicted molar refractivity (Wildman–Crippen MR) is 86.0 cm³/mol. The zero-order chi connectivity index (χ0) is 15.2. The standard InChI is InChI=1S/C17H27N3O/c1-4-19-9-11-20(12-10-19)13-17(21)18-16-7-5-15(6-8-16)14(2)3/h5-8,14H,4,9-13H2,1-3H3,(H,18,21)/p+2. The van der Waals surface area contributed by atoms with Gasteiger partial charge in [0.25, 0.3) is 5.91 Å². The highest BCUT2D eigenvalue weighted by molar-refractivity contribution is 5.91. The number of hydrogen-bond donors (Lipinski definition) is 3. The van der Waals surface area contributed by atoms with Crippen LogP contribution in [0, 0.1) is 0 Å². The molecular weight excluding hydrogens is 262 g/mol. The van der Waals surface area contributed by atoms with Crippen LogP contribution in [0.15, 0.2) is 24.3 Å². The predicted octanol–water partition coefficient (Wildman–Crippen LogP) is -0.448. The van der Waals surface area contributed by atoms with Gasteiger partial charge in [-0.15, -0.1) is 0 Å². The molecule has 21 heavy (non-hydrogen) atoms. The average Bonchev–Trinajstić information content (AvgIpc) is 2.48. The second kappa shape index (κ2) is 7.57. The number of piperazine rings is 1. The molecule has 0 radical (unpaired) electrons. The Labute approximate surface area is 128 Å². The van der Waals surface area contributed by atoms with Crippen molar-refractivity contribution in [1.82, 2.24) is 0 Å². The molecule has 1 amide bonds. The molecule has 0 unspecified atom stereocenters. The van der Waals surface area contributed by atoms with Crippen molar-refractivity contribution in [2.75, 3.05) is 44.6 Å². The third kappa shape index (κ3) is 4.83. The van der Waals surface area contributed by atoms with Crippen LogP contribution < -0.4 is 15.1 Å². The summed E-state index contributed by atoms with van der Waals surface area (Å²) in [5.74, 6) is 0.652. The summed E-state index contributed by atoms with van der Waals surface area (Å²) in [5.41, 5.74) is 2.21. The molecular formula is C17H29N3O+2. The van der Waals surface area contributed by atoms with Crippen LogP contribution in [0.4, 0.5) is 5.69 Å². The lowest BCUT2D eigenvalue weighted by Crippen LogP contribution is -3.28. The second-order valence-corrected chi connectivity index (χ2v) is 6.36. The van der Waals surface area contributed by atoms with E-state index in [1.54, 1.807) is 4.90 Å².